The number of unbranched alkanes of at least 4 members (excludes halogenated alkanes) is 1. The molecule has 1 fully saturated rings. The van der Waals surface area contributed by atoms with E-state index in [-0.39, 0.29) is 24.3 Å². The van der Waals surface area contributed by atoms with Gasteiger partial charge < -0.3 is 15.3 Å². The number of allylic oxidation sites excluding steroid dienone is 2. The molecular weight excluding hydrogens is 346 g/mol. The maximum absolute atomic E-state index is 10.5. The summed E-state index contributed by atoms with van der Waals surface area (Å²) in [6, 6.07) is -0.300. The molecular formula is C20H29N3O4. The molecule has 0 aromatic rings. The second kappa shape index (κ2) is 13.0. The van der Waals surface area contributed by atoms with Crippen molar-refractivity contribution in [2.45, 2.75) is 70.1 Å². The first-order chi connectivity index (χ1) is 13.0. The normalized spacial score (nSPS) is 25.9. The van der Waals surface area contributed by atoms with Crippen LogP contribution in [0.3, 0.4) is 0 Å². The first-order valence-electron chi connectivity index (χ1n) is 9.34. The van der Waals surface area contributed by atoms with E-state index < -0.39 is 18.2 Å². The fourth-order valence-corrected chi connectivity index (χ4v) is 3.35. The second-order valence-corrected chi connectivity index (χ2v) is 6.73. The van der Waals surface area contributed by atoms with Crippen LogP contribution in [0.5, 0.6) is 0 Å². The molecule has 27 heavy (non-hydrogen) atoms. The summed E-state index contributed by atoms with van der Waals surface area (Å²) in [7, 11) is 0. The molecule has 0 aliphatic heterocycles. The molecule has 0 radical (unpaired) electrons. The van der Waals surface area contributed by atoms with Gasteiger partial charge >= 0.3 is 5.97 Å². The summed E-state index contributed by atoms with van der Waals surface area (Å²) < 4.78 is 0. The van der Waals surface area contributed by atoms with Gasteiger partial charge in [-0.2, -0.15) is 0 Å². The maximum Gasteiger partial charge on any atom is 0.303 e. The standard InChI is InChI=1S/C20H29N3O4/c1-2-3-6-9-15(24)12-13-17-16(18(22-23-21)14-19(17)25)10-7-4-5-8-11-20(26)27/h4,7,12-13,15-19,24-25H,5-6,8-11,14H2,1H3,(H,26,27)/b7-4-,13-12+/t15-,16+,17+,18-,19+/m0/s1. The number of aliphatic carboxylic acids is 1. The SMILES string of the molecule is CC#CCC[C@H](O)/C=C/[C@@H]1[C@@H](C/C=C\CCCC(=O)O)[C@@H](N=[N+]=[N-])C[C@H]1O. The molecule has 0 aromatic heterocycles. The summed E-state index contributed by atoms with van der Waals surface area (Å²) in [6.45, 7) is 1.76. The largest absolute Gasteiger partial charge is 0.481 e. The molecule has 1 saturated carbocycles. The zero-order valence-electron chi connectivity index (χ0n) is 15.7. The molecule has 3 N–H and O–H groups in total. The highest BCUT2D eigenvalue weighted by Crippen LogP contribution is 2.38. The number of carbonyl (C=O) groups is 1. The smallest absolute Gasteiger partial charge is 0.303 e. The lowest BCUT2D eigenvalue weighted by molar-refractivity contribution is -0.137. The Morgan fingerprint density at radius 2 is 2.22 bits per heavy atom. The van der Waals surface area contributed by atoms with Crippen molar-refractivity contribution in [3.8, 4) is 11.8 Å². The second-order valence-electron chi connectivity index (χ2n) is 6.73. The average Bonchev–Trinajstić information content (AvgIpc) is 2.91. The van der Waals surface area contributed by atoms with Gasteiger partial charge in [0, 0.05) is 29.7 Å². The Kier molecular flexibility index (Phi) is 11.0. The Morgan fingerprint density at radius 3 is 2.89 bits per heavy atom. The summed E-state index contributed by atoms with van der Waals surface area (Å²) >= 11 is 0. The zero-order valence-corrected chi connectivity index (χ0v) is 15.7. The van der Waals surface area contributed by atoms with Crippen molar-refractivity contribution < 1.29 is 20.1 Å². The highest BCUT2D eigenvalue weighted by atomic mass is 16.4. The van der Waals surface area contributed by atoms with Crippen LogP contribution in [0.25, 0.3) is 10.4 Å². The molecule has 0 aromatic carbocycles. The van der Waals surface area contributed by atoms with Gasteiger partial charge in [-0.15, -0.1) is 11.8 Å². The minimum Gasteiger partial charge on any atom is -0.481 e. The summed E-state index contributed by atoms with van der Waals surface area (Å²) in [5.41, 5.74) is 8.78. The van der Waals surface area contributed by atoms with Crippen molar-refractivity contribution in [2.75, 3.05) is 0 Å². The van der Waals surface area contributed by atoms with Crippen molar-refractivity contribution in [1.82, 2.24) is 0 Å². The van der Waals surface area contributed by atoms with E-state index in [1.807, 2.05) is 18.2 Å². The average molecular weight is 375 g/mol. The molecule has 1 aliphatic rings. The van der Waals surface area contributed by atoms with Crippen LogP contribution in [0, 0.1) is 23.7 Å². The molecule has 0 spiro atoms. The van der Waals surface area contributed by atoms with Crippen LogP contribution < -0.4 is 0 Å². The molecule has 1 aliphatic carbocycles. The van der Waals surface area contributed by atoms with Gasteiger partial charge in [0.05, 0.1) is 12.2 Å². The highest BCUT2D eigenvalue weighted by molar-refractivity contribution is 5.66. The van der Waals surface area contributed by atoms with E-state index in [1.165, 1.54) is 0 Å². The first kappa shape index (κ1) is 22.8. The van der Waals surface area contributed by atoms with Crippen LogP contribution >= 0.6 is 0 Å². The van der Waals surface area contributed by atoms with Crippen molar-refractivity contribution in [2.24, 2.45) is 17.0 Å². The van der Waals surface area contributed by atoms with Crippen LogP contribution in [-0.2, 0) is 4.79 Å². The van der Waals surface area contributed by atoms with Crippen LogP contribution in [0.1, 0.15) is 51.9 Å². The summed E-state index contributed by atoms with van der Waals surface area (Å²) in [6.07, 6.45) is 9.71. The lowest BCUT2D eigenvalue weighted by Crippen LogP contribution is -2.19. The molecule has 0 bridgehead atoms. The zero-order chi connectivity index (χ0) is 20.1. The molecule has 148 valence electrons. The number of carboxylic acids is 1. The molecule has 7 nitrogen and oxygen atoms in total. The number of carboxylic acid groups (broad SMARTS) is 1. The van der Waals surface area contributed by atoms with Gasteiger partial charge in [0.2, 0.25) is 0 Å². The Labute approximate surface area is 160 Å². The Balaban J connectivity index is 2.67. The monoisotopic (exact) mass is 375 g/mol. The fraction of sp³-hybridized carbons (Fsp3) is 0.650. The topological polar surface area (TPSA) is 127 Å². The summed E-state index contributed by atoms with van der Waals surface area (Å²) in [5.74, 6) is 4.64. The van der Waals surface area contributed by atoms with E-state index in [2.05, 4.69) is 21.9 Å². The Morgan fingerprint density at radius 1 is 1.44 bits per heavy atom. The number of aliphatic hydroxyl groups excluding tert-OH is 2. The highest BCUT2D eigenvalue weighted by Gasteiger charge is 2.39. The quantitative estimate of drug-likeness (QED) is 0.127. The molecule has 0 unspecified atom stereocenters. The third kappa shape index (κ3) is 8.78. The molecule has 5 atom stereocenters. The Hall–Kier alpha value is -2.26. The van der Waals surface area contributed by atoms with Gasteiger partial charge in [-0.25, -0.2) is 0 Å². The molecule has 0 saturated heterocycles. The first-order valence-corrected chi connectivity index (χ1v) is 9.34. The van der Waals surface area contributed by atoms with Gasteiger partial charge in [0.15, 0.2) is 0 Å². The van der Waals surface area contributed by atoms with E-state index in [0.717, 1.165) is 0 Å². The fourth-order valence-electron chi connectivity index (χ4n) is 3.35. The molecule has 0 amide bonds. The third-order valence-electron chi connectivity index (χ3n) is 4.75. The number of rotatable bonds is 11. The van der Waals surface area contributed by atoms with Crippen molar-refractivity contribution in [3.05, 3.63) is 34.7 Å². The lowest BCUT2D eigenvalue weighted by atomic mass is 9.89. The Bertz CT molecular complexity index is 629. The van der Waals surface area contributed by atoms with Gasteiger partial charge in [0.25, 0.3) is 0 Å². The van der Waals surface area contributed by atoms with E-state index in [1.54, 1.807) is 13.0 Å². The van der Waals surface area contributed by atoms with Crippen LogP contribution in [-0.4, -0.2) is 39.5 Å². The van der Waals surface area contributed by atoms with Gasteiger partial charge in [-0.3, -0.25) is 4.79 Å². The minimum atomic E-state index is -0.806. The van der Waals surface area contributed by atoms with Crippen LogP contribution in [0.2, 0.25) is 0 Å². The van der Waals surface area contributed by atoms with Crippen molar-refractivity contribution >= 4 is 5.97 Å². The third-order valence-corrected chi connectivity index (χ3v) is 4.75. The van der Waals surface area contributed by atoms with E-state index in [9.17, 15) is 15.0 Å². The predicted octanol–water partition coefficient (Wildman–Crippen LogP) is 3.58. The summed E-state index contributed by atoms with van der Waals surface area (Å²) in [5, 5.41) is 32.8. The number of hydrogen-bond donors (Lipinski definition) is 3. The van der Waals surface area contributed by atoms with Gasteiger partial charge in [-0.1, -0.05) is 29.4 Å². The van der Waals surface area contributed by atoms with Crippen LogP contribution in [0.4, 0.5) is 0 Å². The van der Waals surface area contributed by atoms with Crippen molar-refractivity contribution in [1.29, 1.82) is 0 Å². The maximum atomic E-state index is 10.5. The van der Waals surface area contributed by atoms with Crippen molar-refractivity contribution in [3.63, 3.8) is 0 Å². The number of azide groups is 1. The molecule has 7 heteroatoms. The van der Waals surface area contributed by atoms with E-state index in [0.29, 0.717) is 38.5 Å². The minimum absolute atomic E-state index is 0.0505. The lowest BCUT2D eigenvalue weighted by Gasteiger charge is -2.20. The van der Waals surface area contributed by atoms with E-state index in [4.69, 9.17) is 10.6 Å². The van der Waals surface area contributed by atoms with Gasteiger partial charge in [-0.05, 0) is 50.5 Å². The number of hydrogen-bond acceptors (Lipinski definition) is 4. The van der Waals surface area contributed by atoms with Crippen LogP contribution in [0.15, 0.2) is 29.4 Å². The van der Waals surface area contributed by atoms with E-state index >= 15 is 0 Å². The summed E-state index contributed by atoms with van der Waals surface area (Å²) in [4.78, 5) is 13.4. The number of aliphatic hydroxyl groups is 2. The predicted molar refractivity (Wildman–Crippen MR) is 104 cm³/mol. The number of nitrogens with zero attached hydrogens (tertiary/aromatic N) is 3. The molecule has 1 rings (SSSR count). The van der Waals surface area contributed by atoms with Gasteiger partial charge in [0.1, 0.15) is 0 Å². The molecule has 0 heterocycles.